The summed E-state index contributed by atoms with van der Waals surface area (Å²) in [5.41, 5.74) is 0. The third-order valence-corrected chi connectivity index (χ3v) is 3.55. The van der Waals surface area contributed by atoms with Gasteiger partial charge < -0.3 is 4.74 Å². The molecule has 1 heterocycles. The van der Waals surface area contributed by atoms with E-state index in [2.05, 4.69) is 37.6 Å². The summed E-state index contributed by atoms with van der Waals surface area (Å²) < 4.78 is 5.19. The second-order valence-electron chi connectivity index (χ2n) is 5.13. The molecule has 1 aliphatic rings. The SMILES string of the molecule is CCCCOC(=O)CN1CC(C)N(C)C(C)C1. The molecule has 0 spiro atoms. The first-order chi connectivity index (χ1) is 8.04. The lowest BCUT2D eigenvalue weighted by molar-refractivity contribution is -0.146. The Morgan fingerprint density at radius 1 is 1.29 bits per heavy atom. The van der Waals surface area contributed by atoms with Gasteiger partial charge in [0.05, 0.1) is 13.2 Å². The number of unbranched alkanes of at least 4 members (excludes halogenated alkanes) is 1. The van der Waals surface area contributed by atoms with E-state index in [1.54, 1.807) is 0 Å². The molecule has 0 saturated carbocycles. The monoisotopic (exact) mass is 242 g/mol. The Bertz CT molecular complexity index is 234. The largest absolute Gasteiger partial charge is 0.465 e. The average molecular weight is 242 g/mol. The van der Waals surface area contributed by atoms with Crippen LogP contribution < -0.4 is 0 Å². The molecule has 2 atom stereocenters. The van der Waals surface area contributed by atoms with Crippen molar-refractivity contribution >= 4 is 5.97 Å². The van der Waals surface area contributed by atoms with Gasteiger partial charge in [-0.3, -0.25) is 14.6 Å². The molecule has 1 rings (SSSR count). The van der Waals surface area contributed by atoms with Crippen LogP contribution in [0.3, 0.4) is 0 Å². The summed E-state index contributed by atoms with van der Waals surface area (Å²) in [6, 6.07) is 1.00. The topological polar surface area (TPSA) is 32.8 Å². The van der Waals surface area contributed by atoms with Gasteiger partial charge >= 0.3 is 5.97 Å². The Labute approximate surface area is 105 Å². The van der Waals surface area contributed by atoms with E-state index in [1.165, 1.54) is 0 Å². The highest BCUT2D eigenvalue weighted by Gasteiger charge is 2.27. The van der Waals surface area contributed by atoms with Crippen molar-refractivity contribution in [2.75, 3.05) is 33.3 Å². The molecule has 0 N–H and O–H groups in total. The maximum Gasteiger partial charge on any atom is 0.320 e. The second-order valence-corrected chi connectivity index (χ2v) is 5.13. The fourth-order valence-electron chi connectivity index (χ4n) is 2.20. The number of hydrogen-bond donors (Lipinski definition) is 0. The lowest BCUT2D eigenvalue weighted by atomic mass is 10.1. The van der Waals surface area contributed by atoms with Gasteiger partial charge in [-0.05, 0) is 27.3 Å². The maximum absolute atomic E-state index is 11.6. The minimum absolute atomic E-state index is 0.0811. The fraction of sp³-hybridized carbons (Fsp3) is 0.923. The van der Waals surface area contributed by atoms with Crippen LogP contribution in [0.25, 0.3) is 0 Å². The van der Waals surface area contributed by atoms with Crippen molar-refractivity contribution in [2.45, 2.75) is 45.7 Å². The number of likely N-dealkylation sites (N-methyl/N-ethyl adjacent to an activating group) is 1. The predicted molar refractivity (Wildman–Crippen MR) is 69.0 cm³/mol. The molecule has 0 aromatic carbocycles. The molecule has 1 fully saturated rings. The van der Waals surface area contributed by atoms with E-state index in [0.29, 0.717) is 25.2 Å². The molecule has 0 radical (unpaired) electrons. The van der Waals surface area contributed by atoms with E-state index in [9.17, 15) is 4.79 Å². The lowest BCUT2D eigenvalue weighted by Crippen LogP contribution is -2.55. The summed E-state index contributed by atoms with van der Waals surface area (Å²) in [6.45, 7) is 9.39. The number of hydrogen-bond acceptors (Lipinski definition) is 4. The molecule has 0 amide bonds. The Morgan fingerprint density at radius 3 is 2.41 bits per heavy atom. The van der Waals surface area contributed by atoms with E-state index in [0.717, 1.165) is 25.9 Å². The Hall–Kier alpha value is -0.610. The van der Waals surface area contributed by atoms with Crippen molar-refractivity contribution in [2.24, 2.45) is 0 Å². The fourth-order valence-corrected chi connectivity index (χ4v) is 2.20. The normalized spacial score (nSPS) is 27.1. The predicted octanol–water partition coefficient (Wildman–Crippen LogP) is 1.35. The van der Waals surface area contributed by atoms with Gasteiger partial charge in [0.2, 0.25) is 0 Å². The minimum atomic E-state index is -0.0811. The lowest BCUT2D eigenvalue weighted by Gasteiger charge is -2.41. The van der Waals surface area contributed by atoms with Crippen molar-refractivity contribution in [1.82, 2.24) is 9.80 Å². The van der Waals surface area contributed by atoms with E-state index >= 15 is 0 Å². The molecule has 0 aliphatic carbocycles. The van der Waals surface area contributed by atoms with Crippen LogP contribution in [0, 0.1) is 0 Å². The van der Waals surface area contributed by atoms with Crippen LogP contribution in [0.1, 0.15) is 33.6 Å². The second kappa shape index (κ2) is 6.97. The summed E-state index contributed by atoms with van der Waals surface area (Å²) in [6.07, 6.45) is 2.02. The van der Waals surface area contributed by atoms with Gasteiger partial charge in [0.15, 0.2) is 0 Å². The summed E-state index contributed by atoms with van der Waals surface area (Å²) >= 11 is 0. The molecule has 1 saturated heterocycles. The zero-order chi connectivity index (χ0) is 12.8. The van der Waals surface area contributed by atoms with E-state index in [1.807, 2.05) is 0 Å². The van der Waals surface area contributed by atoms with Crippen LogP contribution in [0.2, 0.25) is 0 Å². The van der Waals surface area contributed by atoms with Crippen molar-refractivity contribution in [1.29, 1.82) is 0 Å². The molecule has 2 unspecified atom stereocenters. The first-order valence-electron chi connectivity index (χ1n) is 6.64. The van der Waals surface area contributed by atoms with Crippen LogP contribution in [-0.2, 0) is 9.53 Å². The molecular weight excluding hydrogens is 216 g/mol. The number of carbonyl (C=O) groups excluding carboxylic acids is 1. The van der Waals surface area contributed by atoms with Crippen molar-refractivity contribution in [3.05, 3.63) is 0 Å². The summed E-state index contributed by atoms with van der Waals surface area (Å²) in [4.78, 5) is 16.2. The average Bonchev–Trinajstić information content (AvgIpc) is 2.26. The van der Waals surface area contributed by atoms with E-state index < -0.39 is 0 Å². The first kappa shape index (κ1) is 14.5. The molecule has 4 heteroatoms. The van der Waals surface area contributed by atoms with Crippen molar-refractivity contribution < 1.29 is 9.53 Å². The molecule has 0 aromatic rings. The van der Waals surface area contributed by atoms with Gasteiger partial charge in [0.1, 0.15) is 0 Å². The van der Waals surface area contributed by atoms with Gasteiger partial charge in [0, 0.05) is 25.2 Å². The van der Waals surface area contributed by atoms with Crippen LogP contribution in [-0.4, -0.2) is 61.1 Å². The van der Waals surface area contributed by atoms with Crippen molar-refractivity contribution in [3.8, 4) is 0 Å². The highest BCUT2D eigenvalue weighted by atomic mass is 16.5. The van der Waals surface area contributed by atoms with E-state index in [-0.39, 0.29) is 5.97 Å². The van der Waals surface area contributed by atoms with Gasteiger partial charge in [-0.15, -0.1) is 0 Å². The molecule has 0 aromatic heterocycles. The quantitative estimate of drug-likeness (QED) is 0.538. The zero-order valence-corrected chi connectivity index (χ0v) is 11.6. The third-order valence-electron chi connectivity index (χ3n) is 3.55. The van der Waals surface area contributed by atoms with E-state index in [4.69, 9.17) is 4.74 Å². The highest BCUT2D eigenvalue weighted by molar-refractivity contribution is 5.71. The molecular formula is C13H26N2O2. The number of esters is 1. The van der Waals surface area contributed by atoms with Gasteiger partial charge in [-0.25, -0.2) is 0 Å². The van der Waals surface area contributed by atoms with Crippen molar-refractivity contribution in [3.63, 3.8) is 0 Å². The van der Waals surface area contributed by atoms with Gasteiger partial charge in [-0.2, -0.15) is 0 Å². The third kappa shape index (κ3) is 4.64. The highest BCUT2D eigenvalue weighted by Crippen LogP contribution is 2.12. The maximum atomic E-state index is 11.6. The number of nitrogens with zero attached hydrogens (tertiary/aromatic N) is 2. The molecule has 17 heavy (non-hydrogen) atoms. The molecule has 1 aliphatic heterocycles. The Kier molecular flexibility index (Phi) is 5.92. The first-order valence-corrected chi connectivity index (χ1v) is 6.64. The Balaban J connectivity index is 2.29. The number of piperazine rings is 1. The minimum Gasteiger partial charge on any atom is -0.465 e. The van der Waals surface area contributed by atoms with Crippen LogP contribution in [0.15, 0.2) is 0 Å². The summed E-state index contributed by atoms with van der Waals surface area (Å²) in [5, 5.41) is 0. The molecule has 100 valence electrons. The zero-order valence-electron chi connectivity index (χ0n) is 11.6. The number of rotatable bonds is 5. The molecule has 4 nitrogen and oxygen atoms in total. The van der Waals surface area contributed by atoms with Gasteiger partial charge in [0.25, 0.3) is 0 Å². The van der Waals surface area contributed by atoms with Crippen LogP contribution in [0.4, 0.5) is 0 Å². The van der Waals surface area contributed by atoms with Gasteiger partial charge in [-0.1, -0.05) is 13.3 Å². The summed E-state index contributed by atoms with van der Waals surface area (Å²) in [7, 11) is 2.15. The molecule has 0 bridgehead atoms. The number of carbonyl (C=O) groups is 1. The standard InChI is InChI=1S/C13H26N2O2/c1-5-6-7-17-13(16)10-15-8-11(2)14(4)12(3)9-15/h11-12H,5-10H2,1-4H3. The summed E-state index contributed by atoms with van der Waals surface area (Å²) in [5.74, 6) is -0.0811. The van der Waals surface area contributed by atoms with Crippen LogP contribution >= 0.6 is 0 Å². The Morgan fingerprint density at radius 2 is 1.88 bits per heavy atom. The van der Waals surface area contributed by atoms with Crippen LogP contribution in [0.5, 0.6) is 0 Å². The smallest absolute Gasteiger partial charge is 0.320 e. The number of ether oxygens (including phenoxy) is 1.